The van der Waals surface area contributed by atoms with Gasteiger partial charge >= 0.3 is 0 Å². The minimum Gasteiger partial charge on any atom is -0.353 e. The van der Waals surface area contributed by atoms with Crippen molar-refractivity contribution in [2.24, 2.45) is 0 Å². The van der Waals surface area contributed by atoms with E-state index in [1.807, 2.05) is 37.2 Å². The number of carbonyl (C=O) groups excluding carboxylic acids is 3. The zero-order valence-corrected chi connectivity index (χ0v) is 15.9. The molecular weight excluding hydrogens is 366 g/mol. The summed E-state index contributed by atoms with van der Waals surface area (Å²) in [6, 6.07) is 13.9. The van der Waals surface area contributed by atoms with E-state index in [4.69, 9.17) is 11.6 Å². The second-order valence-electron chi connectivity index (χ2n) is 6.55. The molecule has 2 aromatic rings. The topological polar surface area (TPSA) is 69.7 Å². The number of carbonyl (C=O) groups is 3. The van der Waals surface area contributed by atoms with E-state index in [1.54, 1.807) is 30.3 Å². The molecule has 2 aromatic carbocycles. The molecule has 140 valence electrons. The molecule has 6 nitrogen and oxygen atoms in total. The summed E-state index contributed by atoms with van der Waals surface area (Å²) in [5.74, 6) is -1.29. The number of nitrogens with zero attached hydrogens (tertiary/aromatic N) is 2. The lowest BCUT2D eigenvalue weighted by Gasteiger charge is -2.26. The van der Waals surface area contributed by atoms with E-state index in [9.17, 15) is 14.4 Å². The minimum atomic E-state index is -0.444. The van der Waals surface area contributed by atoms with Gasteiger partial charge in [0.25, 0.3) is 11.8 Å². The van der Waals surface area contributed by atoms with Crippen molar-refractivity contribution in [2.45, 2.75) is 6.04 Å². The number of benzene rings is 2. The molecule has 0 radical (unpaired) electrons. The smallest absolute Gasteiger partial charge is 0.262 e. The van der Waals surface area contributed by atoms with E-state index in [2.05, 4.69) is 5.32 Å². The van der Waals surface area contributed by atoms with Crippen LogP contribution in [0.15, 0.2) is 48.5 Å². The van der Waals surface area contributed by atoms with Crippen LogP contribution in [0.2, 0.25) is 5.02 Å². The normalized spacial score (nSPS) is 14.4. The maximum absolute atomic E-state index is 12.4. The van der Waals surface area contributed by atoms with E-state index in [1.165, 1.54) is 0 Å². The van der Waals surface area contributed by atoms with Gasteiger partial charge in [-0.05, 0) is 37.9 Å². The van der Waals surface area contributed by atoms with Crippen molar-refractivity contribution in [3.8, 4) is 0 Å². The summed E-state index contributed by atoms with van der Waals surface area (Å²) in [6.45, 7) is -0.00620. The number of halogens is 1. The summed E-state index contributed by atoms with van der Waals surface area (Å²) >= 11 is 6.27. The fourth-order valence-corrected chi connectivity index (χ4v) is 3.37. The number of hydrogen-bond acceptors (Lipinski definition) is 4. The Morgan fingerprint density at radius 1 is 1.04 bits per heavy atom. The molecule has 3 amide bonds. The first-order valence-electron chi connectivity index (χ1n) is 8.53. The average Bonchev–Trinajstić information content (AvgIpc) is 2.88. The van der Waals surface area contributed by atoms with E-state index < -0.39 is 17.7 Å². The first-order chi connectivity index (χ1) is 12.9. The molecule has 1 N–H and O–H groups in total. The molecule has 1 aliphatic rings. The van der Waals surface area contributed by atoms with Gasteiger partial charge in [-0.1, -0.05) is 41.9 Å². The van der Waals surface area contributed by atoms with Crippen LogP contribution in [0, 0.1) is 0 Å². The molecule has 27 heavy (non-hydrogen) atoms. The molecule has 0 aliphatic carbocycles. The number of fused-ring (bicyclic) bond motifs is 1. The van der Waals surface area contributed by atoms with Crippen LogP contribution in [0.1, 0.15) is 32.3 Å². The van der Waals surface area contributed by atoms with Crippen molar-refractivity contribution in [3.63, 3.8) is 0 Å². The highest BCUT2D eigenvalue weighted by Gasteiger charge is 2.36. The largest absolute Gasteiger partial charge is 0.353 e. The molecule has 0 spiro atoms. The van der Waals surface area contributed by atoms with Crippen molar-refractivity contribution in [3.05, 3.63) is 70.2 Å². The number of likely N-dealkylation sites (N-methyl/N-ethyl adjacent to an activating group) is 1. The molecule has 0 fully saturated rings. The Labute approximate surface area is 162 Å². The number of rotatable bonds is 6. The van der Waals surface area contributed by atoms with Gasteiger partial charge in [-0.25, -0.2) is 0 Å². The average molecular weight is 386 g/mol. The first kappa shape index (κ1) is 19.1. The summed E-state index contributed by atoms with van der Waals surface area (Å²) in [4.78, 5) is 40.0. The van der Waals surface area contributed by atoms with E-state index in [0.29, 0.717) is 22.7 Å². The van der Waals surface area contributed by atoms with Gasteiger partial charge in [-0.3, -0.25) is 19.3 Å². The summed E-state index contributed by atoms with van der Waals surface area (Å²) in [7, 11) is 3.79. The first-order valence-corrected chi connectivity index (χ1v) is 8.90. The van der Waals surface area contributed by atoms with Gasteiger partial charge in [0, 0.05) is 11.6 Å². The lowest BCUT2D eigenvalue weighted by molar-refractivity contribution is -0.121. The molecule has 1 aliphatic heterocycles. The van der Waals surface area contributed by atoms with E-state index in [0.717, 1.165) is 10.5 Å². The molecular formula is C20H20ClN3O3. The Hall–Kier alpha value is -2.70. The highest BCUT2D eigenvalue weighted by molar-refractivity contribution is 6.31. The Kier molecular flexibility index (Phi) is 5.58. The molecule has 3 rings (SSSR count). The van der Waals surface area contributed by atoms with Gasteiger partial charge in [-0.2, -0.15) is 0 Å². The minimum absolute atomic E-state index is 0.134. The molecule has 7 heteroatoms. The predicted octanol–water partition coefficient (Wildman–Crippen LogP) is 2.36. The molecule has 0 saturated heterocycles. The van der Waals surface area contributed by atoms with Gasteiger partial charge in [-0.15, -0.1) is 0 Å². The molecule has 0 aromatic heterocycles. The monoisotopic (exact) mass is 385 g/mol. The third-order valence-electron chi connectivity index (χ3n) is 4.56. The maximum Gasteiger partial charge on any atom is 0.262 e. The molecule has 0 bridgehead atoms. The third-order valence-corrected chi connectivity index (χ3v) is 4.90. The second-order valence-corrected chi connectivity index (χ2v) is 6.95. The molecule has 1 unspecified atom stereocenters. The van der Waals surface area contributed by atoms with Gasteiger partial charge < -0.3 is 10.2 Å². The standard InChI is InChI=1S/C20H20ClN3O3/c1-23(2)17(15-9-5-6-10-16(15)21)11-22-18(25)12-24-19(26)13-7-3-4-8-14(13)20(24)27/h3-10,17H,11-12H2,1-2H3,(H,22,25). The van der Waals surface area contributed by atoms with Crippen molar-refractivity contribution < 1.29 is 14.4 Å². The Bertz CT molecular complexity index is 863. The number of nitrogens with one attached hydrogen (secondary N) is 1. The quantitative estimate of drug-likeness (QED) is 0.775. The van der Waals surface area contributed by atoms with Crippen molar-refractivity contribution in [2.75, 3.05) is 27.2 Å². The zero-order valence-electron chi connectivity index (χ0n) is 15.1. The van der Waals surface area contributed by atoms with Crippen molar-refractivity contribution >= 4 is 29.3 Å². The number of amides is 3. The predicted molar refractivity (Wildman–Crippen MR) is 103 cm³/mol. The lowest BCUT2D eigenvalue weighted by Crippen LogP contribution is -2.42. The van der Waals surface area contributed by atoms with Crippen LogP contribution in [0.25, 0.3) is 0 Å². The van der Waals surface area contributed by atoms with Gasteiger partial charge in [0.1, 0.15) is 6.54 Å². The van der Waals surface area contributed by atoms with Gasteiger partial charge in [0.2, 0.25) is 5.91 Å². The van der Waals surface area contributed by atoms with Gasteiger partial charge in [0.15, 0.2) is 0 Å². The Morgan fingerprint density at radius 2 is 1.59 bits per heavy atom. The lowest BCUT2D eigenvalue weighted by atomic mass is 10.1. The van der Waals surface area contributed by atoms with Gasteiger partial charge in [0.05, 0.1) is 17.2 Å². The maximum atomic E-state index is 12.4. The summed E-state index contributed by atoms with van der Waals surface area (Å²) < 4.78 is 0. The van der Waals surface area contributed by atoms with Crippen molar-refractivity contribution in [1.29, 1.82) is 0 Å². The van der Waals surface area contributed by atoms with Crippen LogP contribution in [0.3, 0.4) is 0 Å². The molecule has 1 atom stereocenters. The highest BCUT2D eigenvalue weighted by Crippen LogP contribution is 2.25. The van der Waals surface area contributed by atoms with Crippen LogP contribution in [-0.2, 0) is 4.79 Å². The Morgan fingerprint density at radius 3 is 2.15 bits per heavy atom. The van der Waals surface area contributed by atoms with Crippen LogP contribution in [0.4, 0.5) is 0 Å². The number of hydrogen-bond donors (Lipinski definition) is 1. The van der Waals surface area contributed by atoms with Crippen molar-refractivity contribution in [1.82, 2.24) is 15.1 Å². The summed E-state index contributed by atoms with van der Waals surface area (Å²) in [5.41, 5.74) is 1.56. The van der Waals surface area contributed by atoms with Crippen LogP contribution >= 0.6 is 11.6 Å². The van der Waals surface area contributed by atoms with E-state index >= 15 is 0 Å². The molecule has 0 saturated carbocycles. The fraction of sp³-hybridized carbons (Fsp3) is 0.250. The van der Waals surface area contributed by atoms with E-state index in [-0.39, 0.29) is 12.6 Å². The third kappa shape index (κ3) is 3.86. The number of imide groups is 1. The second kappa shape index (κ2) is 7.90. The van der Waals surface area contributed by atoms with Crippen LogP contribution < -0.4 is 5.32 Å². The fourth-order valence-electron chi connectivity index (χ4n) is 3.11. The molecule has 1 heterocycles. The zero-order chi connectivity index (χ0) is 19.6. The SMILES string of the molecule is CN(C)C(CNC(=O)CN1C(=O)c2ccccc2C1=O)c1ccccc1Cl. The summed E-state index contributed by atoms with van der Waals surface area (Å²) in [6.07, 6.45) is 0. The Balaban J connectivity index is 1.65. The summed E-state index contributed by atoms with van der Waals surface area (Å²) in [5, 5.41) is 3.42. The highest BCUT2D eigenvalue weighted by atomic mass is 35.5. The van der Waals surface area contributed by atoms with Crippen LogP contribution in [0.5, 0.6) is 0 Å². The van der Waals surface area contributed by atoms with Crippen LogP contribution in [-0.4, -0.2) is 54.7 Å².